The maximum absolute atomic E-state index is 6.04. The Kier molecular flexibility index (Phi) is 7.56. The van der Waals surface area contributed by atoms with Crippen molar-refractivity contribution < 1.29 is 4.74 Å². The minimum Gasteiger partial charge on any atom is -0.495 e. The Morgan fingerprint density at radius 1 is 1.31 bits per heavy atom. The van der Waals surface area contributed by atoms with Crippen LogP contribution in [0.25, 0.3) is 0 Å². The van der Waals surface area contributed by atoms with Crippen LogP contribution < -0.4 is 4.74 Å². The van der Waals surface area contributed by atoms with Gasteiger partial charge in [0.1, 0.15) is 5.75 Å². The summed E-state index contributed by atoms with van der Waals surface area (Å²) in [6.07, 6.45) is 2.21. The SMILES string of the molecule is COc1ccc(CCCN(C)C)cc1Cl.Cl. The maximum atomic E-state index is 6.04. The van der Waals surface area contributed by atoms with Crippen molar-refractivity contribution in [3.05, 3.63) is 28.8 Å². The third kappa shape index (κ3) is 5.06. The van der Waals surface area contributed by atoms with Crippen molar-refractivity contribution in [3.63, 3.8) is 0 Å². The number of hydrogen-bond donors (Lipinski definition) is 0. The summed E-state index contributed by atoms with van der Waals surface area (Å²) in [5.74, 6) is 0.744. The molecule has 0 aliphatic rings. The molecule has 0 bridgehead atoms. The van der Waals surface area contributed by atoms with Gasteiger partial charge >= 0.3 is 0 Å². The fourth-order valence-corrected chi connectivity index (χ4v) is 1.75. The van der Waals surface area contributed by atoms with Crippen LogP contribution in [0.4, 0.5) is 0 Å². The molecule has 0 aromatic heterocycles. The quantitative estimate of drug-likeness (QED) is 0.809. The molecule has 1 rings (SSSR count). The zero-order valence-corrected chi connectivity index (χ0v) is 11.6. The van der Waals surface area contributed by atoms with Gasteiger partial charge in [0.05, 0.1) is 12.1 Å². The normalized spacial score (nSPS) is 10.1. The first-order valence-electron chi connectivity index (χ1n) is 5.10. The lowest BCUT2D eigenvalue weighted by Gasteiger charge is -2.09. The number of aryl methyl sites for hydroxylation is 1. The van der Waals surface area contributed by atoms with E-state index in [9.17, 15) is 0 Å². The highest BCUT2D eigenvalue weighted by molar-refractivity contribution is 6.32. The first-order valence-corrected chi connectivity index (χ1v) is 5.48. The standard InChI is InChI=1S/C12H18ClNO.ClH/c1-14(2)8-4-5-10-6-7-12(15-3)11(13)9-10;/h6-7,9H,4-5,8H2,1-3H3;1H. The molecule has 4 heteroatoms. The summed E-state index contributed by atoms with van der Waals surface area (Å²) in [7, 11) is 5.80. The molecule has 16 heavy (non-hydrogen) atoms. The summed E-state index contributed by atoms with van der Waals surface area (Å²) < 4.78 is 5.10. The van der Waals surface area contributed by atoms with Gasteiger partial charge in [-0.15, -0.1) is 12.4 Å². The highest BCUT2D eigenvalue weighted by atomic mass is 35.5. The maximum Gasteiger partial charge on any atom is 0.137 e. The third-order valence-corrected chi connectivity index (χ3v) is 2.58. The molecule has 0 atom stereocenters. The Bertz CT molecular complexity index is 316. The van der Waals surface area contributed by atoms with Crippen LogP contribution in [0.5, 0.6) is 5.75 Å². The van der Waals surface area contributed by atoms with E-state index in [1.165, 1.54) is 5.56 Å². The van der Waals surface area contributed by atoms with Gasteiger partial charge in [-0.2, -0.15) is 0 Å². The van der Waals surface area contributed by atoms with Crippen LogP contribution in [-0.4, -0.2) is 32.6 Å². The molecule has 92 valence electrons. The second-order valence-electron chi connectivity index (χ2n) is 3.88. The van der Waals surface area contributed by atoms with Gasteiger partial charge in [0.15, 0.2) is 0 Å². The van der Waals surface area contributed by atoms with Crippen LogP contribution in [0, 0.1) is 0 Å². The monoisotopic (exact) mass is 263 g/mol. The van der Waals surface area contributed by atoms with Gasteiger partial charge in [-0.25, -0.2) is 0 Å². The molecule has 2 nitrogen and oxygen atoms in total. The van der Waals surface area contributed by atoms with Crippen molar-refractivity contribution in [2.24, 2.45) is 0 Å². The summed E-state index contributed by atoms with van der Waals surface area (Å²) in [6.45, 7) is 1.10. The van der Waals surface area contributed by atoms with Crippen molar-refractivity contribution in [3.8, 4) is 5.75 Å². The average Bonchev–Trinajstić information content (AvgIpc) is 2.17. The molecule has 0 spiro atoms. The first kappa shape index (κ1) is 15.6. The predicted molar refractivity (Wildman–Crippen MR) is 72.1 cm³/mol. The van der Waals surface area contributed by atoms with E-state index < -0.39 is 0 Å². The topological polar surface area (TPSA) is 12.5 Å². The number of benzene rings is 1. The lowest BCUT2D eigenvalue weighted by atomic mass is 10.1. The largest absolute Gasteiger partial charge is 0.495 e. The molecule has 0 aliphatic heterocycles. The van der Waals surface area contributed by atoms with Crippen LogP contribution in [0.15, 0.2) is 18.2 Å². The molecular formula is C12H19Cl2NO. The van der Waals surface area contributed by atoms with E-state index in [0.717, 1.165) is 25.1 Å². The number of halogens is 2. The van der Waals surface area contributed by atoms with Gasteiger partial charge in [-0.3, -0.25) is 0 Å². The summed E-state index contributed by atoms with van der Waals surface area (Å²) in [4.78, 5) is 2.19. The van der Waals surface area contributed by atoms with E-state index in [0.29, 0.717) is 5.02 Å². The lowest BCUT2D eigenvalue weighted by molar-refractivity contribution is 0.400. The van der Waals surface area contributed by atoms with Crippen LogP contribution in [0.3, 0.4) is 0 Å². The van der Waals surface area contributed by atoms with Crippen molar-refractivity contribution in [2.45, 2.75) is 12.8 Å². The van der Waals surface area contributed by atoms with E-state index in [-0.39, 0.29) is 12.4 Å². The van der Waals surface area contributed by atoms with Crippen molar-refractivity contribution >= 4 is 24.0 Å². The molecule has 0 amide bonds. The van der Waals surface area contributed by atoms with Crippen LogP contribution in [0.1, 0.15) is 12.0 Å². The van der Waals surface area contributed by atoms with Gasteiger partial charge in [0.2, 0.25) is 0 Å². The second kappa shape index (κ2) is 7.77. The number of hydrogen-bond acceptors (Lipinski definition) is 2. The molecule has 0 fully saturated rings. The van der Waals surface area contributed by atoms with Gasteiger partial charge in [-0.05, 0) is 51.2 Å². The Labute approximate surface area is 109 Å². The molecule has 0 saturated carbocycles. The number of rotatable bonds is 5. The van der Waals surface area contributed by atoms with Crippen LogP contribution in [-0.2, 0) is 6.42 Å². The third-order valence-electron chi connectivity index (χ3n) is 2.29. The Morgan fingerprint density at radius 2 is 2.00 bits per heavy atom. The Morgan fingerprint density at radius 3 is 2.50 bits per heavy atom. The smallest absolute Gasteiger partial charge is 0.137 e. The molecule has 1 aromatic rings. The zero-order valence-electron chi connectivity index (χ0n) is 10.00. The van der Waals surface area contributed by atoms with Crippen molar-refractivity contribution in [2.75, 3.05) is 27.7 Å². The van der Waals surface area contributed by atoms with Crippen molar-refractivity contribution in [1.29, 1.82) is 0 Å². The number of nitrogens with zero attached hydrogens (tertiary/aromatic N) is 1. The molecule has 0 aliphatic carbocycles. The van der Waals surface area contributed by atoms with Gasteiger partial charge in [-0.1, -0.05) is 17.7 Å². The minimum atomic E-state index is 0. The van der Waals surface area contributed by atoms with E-state index in [2.05, 4.69) is 25.1 Å². The molecule has 0 radical (unpaired) electrons. The predicted octanol–water partition coefficient (Wildman–Crippen LogP) is 3.26. The number of methoxy groups -OCH3 is 1. The van der Waals surface area contributed by atoms with Gasteiger partial charge < -0.3 is 9.64 Å². The van der Waals surface area contributed by atoms with E-state index in [1.807, 2.05) is 12.1 Å². The zero-order chi connectivity index (χ0) is 11.3. The lowest BCUT2D eigenvalue weighted by Crippen LogP contribution is -2.13. The molecule has 0 N–H and O–H groups in total. The summed E-state index contributed by atoms with van der Waals surface area (Å²) >= 11 is 6.04. The fourth-order valence-electron chi connectivity index (χ4n) is 1.46. The van der Waals surface area contributed by atoms with E-state index in [1.54, 1.807) is 7.11 Å². The molecular weight excluding hydrogens is 245 g/mol. The van der Waals surface area contributed by atoms with Crippen LogP contribution in [0.2, 0.25) is 5.02 Å². The van der Waals surface area contributed by atoms with E-state index in [4.69, 9.17) is 16.3 Å². The minimum absolute atomic E-state index is 0. The highest BCUT2D eigenvalue weighted by Gasteiger charge is 2.01. The second-order valence-corrected chi connectivity index (χ2v) is 4.28. The fraction of sp³-hybridized carbons (Fsp3) is 0.500. The summed E-state index contributed by atoms with van der Waals surface area (Å²) in [6, 6.07) is 5.98. The molecule has 0 saturated heterocycles. The summed E-state index contributed by atoms with van der Waals surface area (Å²) in [5.41, 5.74) is 1.27. The first-order chi connectivity index (χ1) is 7.13. The number of ether oxygens (including phenoxy) is 1. The van der Waals surface area contributed by atoms with Crippen LogP contribution >= 0.6 is 24.0 Å². The van der Waals surface area contributed by atoms with Crippen molar-refractivity contribution in [1.82, 2.24) is 4.90 Å². The molecule has 0 unspecified atom stereocenters. The van der Waals surface area contributed by atoms with Gasteiger partial charge in [0, 0.05) is 0 Å². The summed E-state index contributed by atoms with van der Waals surface area (Å²) in [5, 5.41) is 0.694. The highest BCUT2D eigenvalue weighted by Crippen LogP contribution is 2.25. The van der Waals surface area contributed by atoms with E-state index >= 15 is 0 Å². The Balaban J connectivity index is 0.00000225. The molecule has 1 aromatic carbocycles. The average molecular weight is 264 g/mol. The Hall–Kier alpha value is -0.440. The van der Waals surface area contributed by atoms with Gasteiger partial charge in [0.25, 0.3) is 0 Å². The molecule has 0 heterocycles.